The first-order valence-corrected chi connectivity index (χ1v) is 15.3. The number of likely N-dealkylation sites (N-methyl/N-ethyl adjacent to an activating group) is 1. The summed E-state index contributed by atoms with van der Waals surface area (Å²) in [6.45, 7) is 4.56. The molecule has 1 saturated carbocycles. The van der Waals surface area contributed by atoms with Gasteiger partial charge in [-0.25, -0.2) is 0 Å². The third kappa shape index (κ3) is 8.25. The van der Waals surface area contributed by atoms with Crippen molar-refractivity contribution in [3.8, 4) is 11.5 Å². The Bertz CT molecular complexity index is 1210. The maximum absolute atomic E-state index is 13.3. The van der Waals surface area contributed by atoms with E-state index in [1.54, 1.807) is 20.2 Å². The molecule has 0 aromatic heterocycles. The van der Waals surface area contributed by atoms with E-state index in [2.05, 4.69) is 16.0 Å². The van der Waals surface area contributed by atoms with E-state index in [0.29, 0.717) is 25.3 Å². The molecule has 9 heteroatoms. The van der Waals surface area contributed by atoms with Crippen LogP contribution in [0.2, 0.25) is 0 Å². The van der Waals surface area contributed by atoms with Crippen molar-refractivity contribution in [2.24, 2.45) is 5.92 Å². The third-order valence-electron chi connectivity index (χ3n) is 8.50. The Balaban J connectivity index is 1.34. The zero-order valence-electron chi connectivity index (χ0n) is 25.2. The highest BCUT2D eigenvalue weighted by molar-refractivity contribution is 5.97. The van der Waals surface area contributed by atoms with E-state index in [4.69, 9.17) is 9.47 Å². The molecule has 1 aliphatic heterocycles. The largest absolute Gasteiger partial charge is 0.497 e. The lowest BCUT2D eigenvalue weighted by molar-refractivity contribution is -0.131. The maximum Gasteiger partial charge on any atom is 0.251 e. The topological polar surface area (TPSA) is 109 Å². The Kier molecular flexibility index (Phi) is 11.6. The maximum atomic E-state index is 13.3. The van der Waals surface area contributed by atoms with Crippen molar-refractivity contribution < 1.29 is 23.9 Å². The highest BCUT2D eigenvalue weighted by atomic mass is 16.5. The molecular formula is C33H46N4O5. The van der Waals surface area contributed by atoms with Gasteiger partial charge in [0, 0.05) is 49.8 Å². The van der Waals surface area contributed by atoms with Crippen LogP contribution in [-0.4, -0.2) is 69.1 Å². The van der Waals surface area contributed by atoms with Crippen LogP contribution in [0.5, 0.6) is 11.5 Å². The Morgan fingerprint density at radius 2 is 1.83 bits per heavy atom. The van der Waals surface area contributed by atoms with Crippen molar-refractivity contribution in [2.45, 2.75) is 70.4 Å². The van der Waals surface area contributed by atoms with Gasteiger partial charge in [-0.05, 0) is 62.3 Å². The lowest BCUT2D eigenvalue weighted by Gasteiger charge is -2.33. The molecule has 42 heavy (non-hydrogen) atoms. The predicted octanol–water partition coefficient (Wildman–Crippen LogP) is 4.01. The van der Waals surface area contributed by atoms with Gasteiger partial charge in [0.2, 0.25) is 11.8 Å². The highest BCUT2D eigenvalue weighted by Gasteiger charge is 2.31. The molecule has 1 saturated heterocycles. The highest BCUT2D eigenvalue weighted by Crippen LogP contribution is 2.29. The summed E-state index contributed by atoms with van der Waals surface area (Å²) in [7, 11) is 3.24. The molecule has 2 fully saturated rings. The van der Waals surface area contributed by atoms with Gasteiger partial charge in [0.15, 0.2) is 0 Å². The number of benzene rings is 2. The van der Waals surface area contributed by atoms with Crippen molar-refractivity contribution in [1.29, 1.82) is 0 Å². The number of hydrogen-bond acceptors (Lipinski definition) is 6. The van der Waals surface area contributed by atoms with Crippen molar-refractivity contribution in [3.05, 3.63) is 59.2 Å². The van der Waals surface area contributed by atoms with Gasteiger partial charge in [0.1, 0.15) is 17.5 Å². The smallest absolute Gasteiger partial charge is 0.251 e. The average molecular weight is 579 g/mol. The van der Waals surface area contributed by atoms with Gasteiger partial charge in [-0.1, -0.05) is 37.5 Å². The van der Waals surface area contributed by atoms with Crippen LogP contribution in [0.15, 0.2) is 42.5 Å². The summed E-state index contributed by atoms with van der Waals surface area (Å²) >= 11 is 0. The molecule has 2 aliphatic rings. The van der Waals surface area contributed by atoms with Gasteiger partial charge in [-0.3, -0.25) is 14.4 Å². The molecule has 4 rings (SSSR count). The first-order chi connectivity index (χ1) is 20.4. The second-order valence-electron chi connectivity index (χ2n) is 11.3. The van der Waals surface area contributed by atoms with Crippen LogP contribution in [0.1, 0.15) is 79.3 Å². The lowest BCUT2D eigenvalue weighted by Crippen LogP contribution is -2.50. The summed E-state index contributed by atoms with van der Waals surface area (Å²) in [6.07, 6.45) is 7.12. The number of likely N-dealkylation sites (tertiary alicyclic amines) is 1. The summed E-state index contributed by atoms with van der Waals surface area (Å²) in [5.74, 6) is 1.48. The van der Waals surface area contributed by atoms with Crippen molar-refractivity contribution in [3.63, 3.8) is 0 Å². The second kappa shape index (κ2) is 15.6. The summed E-state index contributed by atoms with van der Waals surface area (Å²) in [4.78, 5) is 41.0. The molecule has 0 spiro atoms. The van der Waals surface area contributed by atoms with Crippen molar-refractivity contribution in [1.82, 2.24) is 20.9 Å². The SMILES string of the molecule is CCOc1cc(OC)ccc1CNCC(=O)N1CCCC(c2cccc(C(=O)N[C@@H](C(=O)NC)C3CCCCC3)c2)C1. The summed E-state index contributed by atoms with van der Waals surface area (Å²) in [5, 5.41) is 9.03. The van der Waals surface area contributed by atoms with E-state index in [-0.39, 0.29) is 36.1 Å². The number of carbonyl (C=O) groups is 3. The fraction of sp³-hybridized carbons (Fsp3) is 0.545. The molecule has 1 heterocycles. The lowest BCUT2D eigenvalue weighted by atomic mass is 9.83. The molecule has 228 valence electrons. The van der Waals surface area contributed by atoms with E-state index >= 15 is 0 Å². The number of amides is 3. The normalized spacial score (nSPS) is 18.2. The minimum atomic E-state index is -0.524. The molecular weight excluding hydrogens is 532 g/mol. The molecule has 3 amide bonds. The van der Waals surface area contributed by atoms with Crippen LogP contribution in [0.25, 0.3) is 0 Å². The Morgan fingerprint density at radius 3 is 2.57 bits per heavy atom. The number of nitrogens with one attached hydrogen (secondary N) is 3. The van der Waals surface area contributed by atoms with Gasteiger partial charge in [-0.15, -0.1) is 0 Å². The van der Waals surface area contributed by atoms with Gasteiger partial charge < -0.3 is 30.3 Å². The predicted molar refractivity (Wildman–Crippen MR) is 163 cm³/mol. The third-order valence-corrected chi connectivity index (χ3v) is 8.50. The zero-order chi connectivity index (χ0) is 29.9. The van der Waals surface area contributed by atoms with Gasteiger partial charge in [0.25, 0.3) is 5.91 Å². The minimum Gasteiger partial charge on any atom is -0.497 e. The van der Waals surface area contributed by atoms with E-state index in [9.17, 15) is 14.4 Å². The zero-order valence-corrected chi connectivity index (χ0v) is 25.2. The molecule has 9 nitrogen and oxygen atoms in total. The Hall–Kier alpha value is -3.59. The van der Waals surface area contributed by atoms with Crippen LogP contribution >= 0.6 is 0 Å². The number of carbonyl (C=O) groups excluding carboxylic acids is 3. The number of piperidine rings is 1. The van der Waals surface area contributed by atoms with Crippen molar-refractivity contribution >= 4 is 17.7 Å². The molecule has 1 aliphatic carbocycles. The van der Waals surface area contributed by atoms with Crippen molar-refractivity contribution in [2.75, 3.05) is 40.4 Å². The molecule has 0 bridgehead atoms. The second-order valence-corrected chi connectivity index (χ2v) is 11.3. The van der Waals surface area contributed by atoms with Crippen LogP contribution in [0.3, 0.4) is 0 Å². The number of rotatable bonds is 12. The molecule has 3 N–H and O–H groups in total. The number of nitrogens with zero attached hydrogens (tertiary/aromatic N) is 1. The van der Waals surface area contributed by atoms with Crippen LogP contribution < -0.4 is 25.4 Å². The fourth-order valence-electron chi connectivity index (χ4n) is 6.17. The van der Waals surface area contributed by atoms with Gasteiger partial charge in [-0.2, -0.15) is 0 Å². The van der Waals surface area contributed by atoms with Gasteiger partial charge >= 0.3 is 0 Å². The Morgan fingerprint density at radius 1 is 1.02 bits per heavy atom. The summed E-state index contributed by atoms with van der Waals surface area (Å²) in [5.41, 5.74) is 2.56. The Labute approximate surface area is 249 Å². The van der Waals surface area contributed by atoms with Crippen LogP contribution in [0.4, 0.5) is 0 Å². The number of ether oxygens (including phenoxy) is 2. The first kappa shape index (κ1) is 31.3. The van der Waals surface area contributed by atoms with Crippen LogP contribution in [0, 0.1) is 5.92 Å². The molecule has 0 radical (unpaired) electrons. The van der Waals surface area contributed by atoms with Gasteiger partial charge in [0.05, 0.1) is 20.3 Å². The van der Waals surface area contributed by atoms with E-state index in [1.165, 1.54) is 6.42 Å². The van der Waals surface area contributed by atoms with E-state index < -0.39 is 6.04 Å². The molecule has 2 atom stereocenters. The van der Waals surface area contributed by atoms with Crippen LogP contribution in [-0.2, 0) is 16.1 Å². The van der Waals surface area contributed by atoms with E-state index in [1.807, 2.05) is 48.2 Å². The molecule has 2 aromatic carbocycles. The number of hydrogen-bond donors (Lipinski definition) is 3. The first-order valence-electron chi connectivity index (χ1n) is 15.3. The molecule has 2 aromatic rings. The summed E-state index contributed by atoms with van der Waals surface area (Å²) < 4.78 is 11.1. The molecule has 1 unspecified atom stereocenters. The van der Waals surface area contributed by atoms with E-state index in [0.717, 1.165) is 67.7 Å². The number of methoxy groups -OCH3 is 1. The quantitative estimate of drug-likeness (QED) is 0.351. The average Bonchev–Trinajstić information content (AvgIpc) is 3.04. The fourth-order valence-corrected chi connectivity index (χ4v) is 6.17. The summed E-state index contributed by atoms with van der Waals surface area (Å²) in [6, 6.07) is 12.8. The minimum absolute atomic E-state index is 0.0565. The standard InChI is InChI=1S/C33H46N4O5/c1-4-42-29-19-28(41-3)16-15-26(29)20-35-21-30(38)37-17-9-14-27(22-37)24-12-8-13-25(18-24)32(39)36-31(33(40)34-2)23-10-6-5-7-11-23/h8,12-13,15-16,18-19,23,27,31,35H,4-7,9-11,14,17,20-22H2,1-3H3,(H,34,40)(H,36,39)/t27?,31-/m1/s1. The monoisotopic (exact) mass is 578 g/mol.